The number of nitrogen functional groups attached to an aromatic ring is 1. The van der Waals surface area contributed by atoms with Crippen LogP contribution in [0.1, 0.15) is 44.4 Å². The fourth-order valence-electron chi connectivity index (χ4n) is 3.20. The van der Waals surface area contributed by atoms with Crippen LogP contribution in [0.3, 0.4) is 0 Å². The van der Waals surface area contributed by atoms with E-state index < -0.39 is 38.1 Å². The van der Waals surface area contributed by atoms with E-state index in [1.165, 1.54) is 6.20 Å². The summed E-state index contributed by atoms with van der Waals surface area (Å²) in [5.74, 6) is 0.159. The first-order chi connectivity index (χ1) is 12.3. The minimum atomic E-state index is -4.23. The Kier molecular flexibility index (Phi) is 5.81. The molecule has 1 aromatic heterocycles. The Balaban J connectivity index is 1.80. The molecule has 2 fully saturated rings. The lowest BCUT2D eigenvalue weighted by atomic mass is 10.1. The van der Waals surface area contributed by atoms with Gasteiger partial charge in [-0.15, -0.1) is 0 Å². The Morgan fingerprint density at radius 2 is 2.19 bits per heavy atom. The molecule has 10 nitrogen and oxygen atoms in total. The first kappa shape index (κ1) is 19.5. The van der Waals surface area contributed by atoms with Crippen molar-refractivity contribution in [3.05, 3.63) is 22.2 Å². The zero-order chi connectivity index (χ0) is 18.9. The third kappa shape index (κ3) is 4.00. The summed E-state index contributed by atoms with van der Waals surface area (Å²) in [5, 5.41) is 10.4. The van der Waals surface area contributed by atoms with Crippen LogP contribution in [-0.2, 0) is 24.8 Å². The van der Waals surface area contributed by atoms with Crippen LogP contribution in [0.15, 0.2) is 11.0 Å². The molecule has 2 aliphatic rings. The van der Waals surface area contributed by atoms with Gasteiger partial charge in [-0.2, -0.15) is 4.98 Å². The summed E-state index contributed by atoms with van der Waals surface area (Å²) in [6.07, 6.45) is 2.10. The lowest BCUT2D eigenvalue weighted by molar-refractivity contribution is -0.0685. The minimum absolute atomic E-state index is 0.159. The number of aliphatic hydroxyl groups is 1. The van der Waals surface area contributed by atoms with Gasteiger partial charge in [0.15, 0.2) is 6.23 Å². The van der Waals surface area contributed by atoms with Gasteiger partial charge in [-0.1, -0.05) is 26.2 Å². The van der Waals surface area contributed by atoms with E-state index in [4.69, 9.17) is 19.5 Å². The van der Waals surface area contributed by atoms with E-state index in [9.17, 15) is 19.4 Å². The van der Waals surface area contributed by atoms with Crippen molar-refractivity contribution in [1.82, 2.24) is 9.55 Å². The maximum atomic E-state index is 12.2. The van der Waals surface area contributed by atoms with E-state index in [1.54, 1.807) is 0 Å². The summed E-state index contributed by atoms with van der Waals surface area (Å²) < 4.78 is 27.9. The van der Waals surface area contributed by atoms with Gasteiger partial charge in [-0.25, -0.2) is 9.36 Å². The summed E-state index contributed by atoms with van der Waals surface area (Å²) in [4.78, 5) is 25.5. The average molecular weight is 389 g/mol. The van der Waals surface area contributed by atoms with Gasteiger partial charge in [-0.3, -0.25) is 13.6 Å². The number of nitrogens with zero attached hydrogens (tertiary/aromatic N) is 2. The number of anilines is 1. The van der Waals surface area contributed by atoms with Gasteiger partial charge in [0, 0.05) is 11.8 Å². The molecule has 3 rings (SSSR count). The highest BCUT2D eigenvalue weighted by atomic mass is 31.2. The van der Waals surface area contributed by atoms with Crippen LogP contribution in [0, 0.1) is 0 Å². The molecule has 0 bridgehead atoms. The highest BCUT2D eigenvalue weighted by molar-refractivity contribution is 7.47. The Bertz CT molecular complexity index is 755. The average Bonchev–Trinajstić information content (AvgIpc) is 2.89. The molecule has 2 saturated heterocycles. The Morgan fingerprint density at radius 1 is 1.42 bits per heavy atom. The number of fused-ring (bicyclic) bond motifs is 1. The Hall–Kier alpha value is -1.29. The minimum Gasteiger partial charge on any atom is -0.386 e. The van der Waals surface area contributed by atoms with Crippen LogP contribution < -0.4 is 11.4 Å². The van der Waals surface area contributed by atoms with Crippen LogP contribution >= 0.6 is 7.82 Å². The van der Waals surface area contributed by atoms with Gasteiger partial charge in [0.05, 0.1) is 6.61 Å². The molecule has 0 aliphatic carbocycles. The van der Waals surface area contributed by atoms with E-state index in [0.717, 1.165) is 30.3 Å². The summed E-state index contributed by atoms with van der Waals surface area (Å²) in [6.45, 7) is 1.90. The van der Waals surface area contributed by atoms with E-state index >= 15 is 0 Å². The number of aliphatic hydroxyl groups excluding tert-OH is 1. The number of aromatic nitrogens is 2. The van der Waals surface area contributed by atoms with Crippen molar-refractivity contribution in [3.63, 3.8) is 0 Å². The molecule has 1 aromatic rings. The van der Waals surface area contributed by atoms with Crippen molar-refractivity contribution in [1.29, 1.82) is 0 Å². The third-order valence-corrected chi connectivity index (χ3v) is 5.59. The molecule has 146 valence electrons. The molecule has 0 radical (unpaired) electrons. The Morgan fingerprint density at radius 3 is 2.92 bits per heavy atom. The molecular formula is C15H24N3O7P. The molecule has 26 heavy (non-hydrogen) atoms. The zero-order valence-electron chi connectivity index (χ0n) is 14.5. The molecule has 3 unspecified atom stereocenters. The van der Waals surface area contributed by atoms with Gasteiger partial charge in [-0.05, 0) is 12.8 Å². The summed E-state index contributed by atoms with van der Waals surface area (Å²) in [6, 6.07) is 0. The molecule has 0 saturated carbocycles. The first-order valence-electron chi connectivity index (χ1n) is 8.69. The van der Waals surface area contributed by atoms with E-state index in [2.05, 4.69) is 11.9 Å². The highest BCUT2D eigenvalue weighted by Gasteiger charge is 2.52. The Labute approximate surface area is 150 Å². The van der Waals surface area contributed by atoms with Gasteiger partial charge in [0.25, 0.3) is 0 Å². The maximum absolute atomic E-state index is 12.2. The number of nitrogens with two attached hydrogens (primary N) is 1. The SMILES string of the molecule is CCCCCCc1cn([C@@H]2OC3COP(=O)(O)OC3[C@H]2O)c(=O)nc1N. The molecule has 0 spiro atoms. The monoisotopic (exact) mass is 389 g/mol. The summed E-state index contributed by atoms with van der Waals surface area (Å²) >= 11 is 0. The number of unbranched alkanes of at least 4 members (excludes halogenated alkanes) is 3. The number of phosphoric acid groups is 1. The summed E-state index contributed by atoms with van der Waals surface area (Å²) in [7, 11) is -4.23. The number of hydrogen-bond acceptors (Lipinski definition) is 8. The van der Waals surface area contributed by atoms with Crippen molar-refractivity contribution in [3.8, 4) is 0 Å². The van der Waals surface area contributed by atoms with Crippen LogP contribution in [0.25, 0.3) is 0 Å². The second kappa shape index (κ2) is 7.75. The van der Waals surface area contributed by atoms with Gasteiger partial charge < -0.3 is 20.5 Å². The summed E-state index contributed by atoms with van der Waals surface area (Å²) in [5.41, 5.74) is 5.87. The largest absolute Gasteiger partial charge is 0.472 e. The quantitative estimate of drug-likeness (QED) is 0.473. The number of phosphoric ester groups is 1. The molecule has 3 heterocycles. The number of hydrogen-bond donors (Lipinski definition) is 3. The standard InChI is InChI=1S/C15H24N3O7P/c1-2-3-4-5-6-9-7-18(15(20)17-13(9)16)14-11(19)12-10(24-14)8-23-26(21,22)25-12/h7,10-12,14,19H,2-6,8H2,1H3,(H,21,22)(H2,16,17,20)/t10?,11-,12?,14-/m1/s1. The van der Waals surface area contributed by atoms with Crippen molar-refractivity contribution >= 4 is 13.6 Å². The predicted molar refractivity (Wildman–Crippen MR) is 91.3 cm³/mol. The molecular weight excluding hydrogens is 365 g/mol. The van der Waals surface area contributed by atoms with Crippen LogP contribution in [0.5, 0.6) is 0 Å². The molecule has 11 heteroatoms. The van der Waals surface area contributed by atoms with Crippen molar-refractivity contribution < 1.29 is 28.3 Å². The number of ether oxygens (including phenoxy) is 1. The fraction of sp³-hybridized carbons (Fsp3) is 0.733. The van der Waals surface area contributed by atoms with Crippen molar-refractivity contribution in [2.24, 2.45) is 0 Å². The topological polar surface area (TPSA) is 146 Å². The van der Waals surface area contributed by atoms with E-state index in [1.807, 2.05) is 0 Å². The van der Waals surface area contributed by atoms with Crippen LogP contribution in [0.2, 0.25) is 0 Å². The molecule has 2 aliphatic heterocycles. The van der Waals surface area contributed by atoms with Crippen LogP contribution in [-0.4, -0.2) is 44.5 Å². The molecule has 5 atom stereocenters. The third-order valence-electron chi connectivity index (χ3n) is 4.60. The molecule has 0 aromatic carbocycles. The fourth-order valence-corrected chi connectivity index (χ4v) is 4.17. The smallest absolute Gasteiger partial charge is 0.386 e. The van der Waals surface area contributed by atoms with Gasteiger partial charge in [0.1, 0.15) is 24.1 Å². The lowest BCUT2D eigenvalue weighted by Gasteiger charge is -2.27. The highest BCUT2D eigenvalue weighted by Crippen LogP contribution is 2.52. The second-order valence-electron chi connectivity index (χ2n) is 6.54. The van der Waals surface area contributed by atoms with Gasteiger partial charge >= 0.3 is 13.5 Å². The predicted octanol–water partition coefficient (Wildman–Crippen LogP) is 0.722. The lowest BCUT2D eigenvalue weighted by Crippen LogP contribution is -2.40. The van der Waals surface area contributed by atoms with E-state index in [0.29, 0.717) is 12.0 Å². The maximum Gasteiger partial charge on any atom is 0.472 e. The van der Waals surface area contributed by atoms with Crippen LogP contribution in [0.4, 0.5) is 5.82 Å². The zero-order valence-corrected chi connectivity index (χ0v) is 15.4. The first-order valence-corrected chi connectivity index (χ1v) is 10.2. The number of rotatable bonds is 6. The number of aryl methyl sites for hydroxylation is 1. The normalized spacial score (nSPS) is 34.0. The second-order valence-corrected chi connectivity index (χ2v) is 7.95. The van der Waals surface area contributed by atoms with E-state index in [-0.39, 0.29) is 12.4 Å². The van der Waals surface area contributed by atoms with Gasteiger partial charge in [0.2, 0.25) is 0 Å². The van der Waals surface area contributed by atoms with Crippen molar-refractivity contribution in [2.45, 2.75) is 63.6 Å². The van der Waals surface area contributed by atoms with Crippen molar-refractivity contribution in [2.75, 3.05) is 12.3 Å². The molecule has 4 N–H and O–H groups in total. The molecule has 0 amide bonds.